The van der Waals surface area contributed by atoms with E-state index in [9.17, 15) is 13.2 Å². The summed E-state index contributed by atoms with van der Waals surface area (Å²) in [5, 5.41) is 0. The minimum Gasteiger partial charge on any atom is -0.444 e. The maximum Gasteiger partial charge on any atom is 0.410 e. The van der Waals surface area contributed by atoms with Crippen LogP contribution in [0.25, 0.3) is 0 Å². The van der Waals surface area contributed by atoms with Gasteiger partial charge in [0.1, 0.15) is 5.60 Å². The summed E-state index contributed by atoms with van der Waals surface area (Å²) >= 11 is 0. The van der Waals surface area contributed by atoms with Crippen LogP contribution in [0.1, 0.15) is 64.4 Å². The van der Waals surface area contributed by atoms with Crippen molar-refractivity contribution in [2.75, 3.05) is 39.0 Å². The van der Waals surface area contributed by atoms with Gasteiger partial charge in [-0.25, -0.2) is 13.2 Å². The van der Waals surface area contributed by atoms with Crippen LogP contribution in [0.3, 0.4) is 0 Å². The molecule has 0 spiro atoms. The Morgan fingerprint density at radius 3 is 2.10 bits per heavy atom. The third-order valence-electron chi connectivity index (χ3n) is 6.49. The second-order valence-corrected chi connectivity index (χ2v) is 12.2. The first kappa shape index (κ1) is 24.1. The number of piperidine rings is 2. The first-order valence-electron chi connectivity index (χ1n) is 11.5. The van der Waals surface area contributed by atoms with Crippen LogP contribution in [-0.4, -0.2) is 68.9 Å². The third-order valence-corrected chi connectivity index (χ3v) is 7.62. The number of hydrogen-bond acceptors (Lipinski definition) is 5. The van der Waals surface area contributed by atoms with Gasteiger partial charge in [0.25, 0.3) is 0 Å². The van der Waals surface area contributed by atoms with Gasteiger partial charge in [0.15, 0.2) is 9.84 Å². The highest BCUT2D eigenvalue weighted by molar-refractivity contribution is 7.90. The van der Waals surface area contributed by atoms with Crippen LogP contribution in [-0.2, 0) is 14.6 Å². The Morgan fingerprint density at radius 2 is 1.58 bits per heavy atom. The van der Waals surface area contributed by atoms with Crippen LogP contribution in [0, 0.1) is 5.92 Å². The highest BCUT2D eigenvalue weighted by atomic mass is 32.2. The molecule has 0 bridgehead atoms. The van der Waals surface area contributed by atoms with Crippen LogP contribution < -0.4 is 0 Å². The fraction of sp³-hybridized carbons (Fsp3) is 0.708. The molecule has 0 unspecified atom stereocenters. The molecule has 0 aliphatic carbocycles. The Balaban J connectivity index is 1.37. The number of carbonyl (C=O) groups excluding carboxylic acids is 1. The molecule has 1 amide bonds. The van der Waals surface area contributed by atoms with Crippen molar-refractivity contribution in [1.29, 1.82) is 0 Å². The normalized spacial score (nSPS) is 20.1. The highest BCUT2D eigenvalue weighted by Gasteiger charge is 2.27. The third kappa shape index (κ3) is 7.21. The average Bonchev–Trinajstić information content (AvgIpc) is 2.71. The molecule has 174 valence electrons. The quantitative estimate of drug-likeness (QED) is 0.669. The molecule has 2 fully saturated rings. The zero-order chi connectivity index (χ0) is 22.6. The molecule has 2 saturated heterocycles. The number of nitrogens with zero attached hydrogens (tertiary/aromatic N) is 2. The van der Waals surface area contributed by atoms with Crippen molar-refractivity contribution in [3.63, 3.8) is 0 Å². The van der Waals surface area contributed by atoms with E-state index in [0.717, 1.165) is 58.4 Å². The van der Waals surface area contributed by atoms with Gasteiger partial charge >= 0.3 is 6.09 Å². The van der Waals surface area contributed by atoms with Crippen molar-refractivity contribution in [2.45, 2.75) is 69.3 Å². The van der Waals surface area contributed by atoms with Gasteiger partial charge < -0.3 is 14.5 Å². The monoisotopic (exact) mass is 450 g/mol. The van der Waals surface area contributed by atoms with Crippen molar-refractivity contribution in [1.82, 2.24) is 9.80 Å². The van der Waals surface area contributed by atoms with E-state index in [-0.39, 0.29) is 6.09 Å². The Labute approximate surface area is 187 Å². The van der Waals surface area contributed by atoms with Gasteiger partial charge in [-0.15, -0.1) is 0 Å². The van der Waals surface area contributed by atoms with E-state index in [0.29, 0.717) is 16.7 Å². The van der Waals surface area contributed by atoms with Gasteiger partial charge in [0.2, 0.25) is 0 Å². The molecular formula is C24H38N2O4S. The van der Waals surface area contributed by atoms with E-state index in [1.807, 2.05) is 37.8 Å². The summed E-state index contributed by atoms with van der Waals surface area (Å²) in [6.07, 6.45) is 6.62. The first-order valence-corrected chi connectivity index (χ1v) is 13.4. The van der Waals surface area contributed by atoms with E-state index in [1.54, 1.807) is 12.1 Å². The lowest BCUT2D eigenvalue weighted by atomic mass is 9.88. The van der Waals surface area contributed by atoms with Crippen molar-refractivity contribution in [3.8, 4) is 0 Å². The van der Waals surface area contributed by atoms with Crippen molar-refractivity contribution < 1.29 is 17.9 Å². The van der Waals surface area contributed by atoms with E-state index in [4.69, 9.17) is 4.74 Å². The molecule has 2 aliphatic heterocycles. The lowest BCUT2D eigenvalue weighted by Crippen LogP contribution is -2.42. The van der Waals surface area contributed by atoms with E-state index in [2.05, 4.69) is 4.90 Å². The number of sulfone groups is 1. The Kier molecular flexibility index (Phi) is 7.68. The molecule has 6 nitrogen and oxygen atoms in total. The molecule has 0 N–H and O–H groups in total. The summed E-state index contributed by atoms with van der Waals surface area (Å²) < 4.78 is 28.8. The highest BCUT2D eigenvalue weighted by Crippen LogP contribution is 2.30. The molecule has 0 saturated carbocycles. The Morgan fingerprint density at radius 1 is 1.00 bits per heavy atom. The van der Waals surface area contributed by atoms with Crippen LogP contribution >= 0.6 is 0 Å². The first-order chi connectivity index (χ1) is 14.5. The molecule has 1 aromatic rings. The van der Waals surface area contributed by atoms with Crippen LogP contribution in [0.5, 0.6) is 0 Å². The van der Waals surface area contributed by atoms with E-state index in [1.165, 1.54) is 18.2 Å². The lowest BCUT2D eigenvalue weighted by molar-refractivity contribution is 0.0177. The summed E-state index contributed by atoms with van der Waals surface area (Å²) in [7, 11) is -3.13. The van der Waals surface area contributed by atoms with Crippen molar-refractivity contribution in [2.24, 2.45) is 5.92 Å². The SMILES string of the molecule is CC(C)(C)OC(=O)N1CCC(CCN2CCC(c3ccc(S(C)(=O)=O)cc3)CC2)CC1. The molecule has 0 radical (unpaired) electrons. The van der Waals surface area contributed by atoms with Gasteiger partial charge in [-0.2, -0.15) is 0 Å². The summed E-state index contributed by atoms with van der Waals surface area (Å²) in [6, 6.07) is 7.44. The predicted octanol–water partition coefficient (Wildman–Crippen LogP) is 4.31. The second kappa shape index (κ2) is 9.90. The summed E-state index contributed by atoms with van der Waals surface area (Å²) in [6.45, 7) is 10.6. The van der Waals surface area contributed by atoms with Gasteiger partial charge in [0.05, 0.1) is 4.90 Å². The van der Waals surface area contributed by atoms with E-state index < -0.39 is 15.4 Å². The number of ether oxygens (including phenoxy) is 1. The molecular weight excluding hydrogens is 412 g/mol. The zero-order valence-corrected chi connectivity index (χ0v) is 20.3. The standard InChI is InChI=1S/C24H38N2O4S/c1-24(2,3)30-23(27)26-17-10-19(11-18-26)9-14-25-15-12-21(13-16-25)20-5-7-22(8-6-20)31(4,28)29/h5-8,19,21H,9-18H2,1-4H3. The molecule has 7 heteroatoms. The van der Waals surface area contributed by atoms with E-state index >= 15 is 0 Å². The molecule has 1 aromatic carbocycles. The van der Waals surface area contributed by atoms with Crippen LogP contribution in [0.15, 0.2) is 29.2 Å². The van der Waals surface area contributed by atoms with Gasteiger partial charge in [0, 0.05) is 19.3 Å². The van der Waals surface area contributed by atoms with Crippen LogP contribution in [0.4, 0.5) is 4.79 Å². The second-order valence-electron chi connectivity index (χ2n) is 10.2. The summed E-state index contributed by atoms with van der Waals surface area (Å²) in [4.78, 5) is 17.0. The maximum absolute atomic E-state index is 12.2. The molecule has 31 heavy (non-hydrogen) atoms. The molecule has 2 aliphatic rings. The number of likely N-dealkylation sites (tertiary alicyclic amines) is 2. The topological polar surface area (TPSA) is 66.9 Å². The lowest BCUT2D eigenvalue weighted by Gasteiger charge is -2.36. The van der Waals surface area contributed by atoms with Crippen LogP contribution in [0.2, 0.25) is 0 Å². The zero-order valence-electron chi connectivity index (χ0n) is 19.5. The number of hydrogen-bond donors (Lipinski definition) is 0. The maximum atomic E-state index is 12.2. The number of carbonyl (C=O) groups is 1. The average molecular weight is 451 g/mol. The van der Waals surface area contributed by atoms with Crippen molar-refractivity contribution in [3.05, 3.63) is 29.8 Å². The number of rotatable bonds is 5. The predicted molar refractivity (Wildman–Crippen MR) is 123 cm³/mol. The number of amides is 1. The van der Waals surface area contributed by atoms with Gasteiger partial charge in [-0.05, 0) is 102 Å². The summed E-state index contributed by atoms with van der Waals surface area (Å²) in [5.41, 5.74) is 0.817. The molecule has 2 heterocycles. The van der Waals surface area contributed by atoms with Crippen molar-refractivity contribution >= 4 is 15.9 Å². The smallest absolute Gasteiger partial charge is 0.410 e. The molecule has 3 rings (SSSR count). The Bertz CT molecular complexity index is 829. The fourth-order valence-electron chi connectivity index (χ4n) is 4.57. The fourth-order valence-corrected chi connectivity index (χ4v) is 5.20. The van der Waals surface area contributed by atoms with Gasteiger partial charge in [-0.3, -0.25) is 0 Å². The molecule has 0 aromatic heterocycles. The largest absolute Gasteiger partial charge is 0.444 e. The summed E-state index contributed by atoms with van der Waals surface area (Å²) in [5.74, 6) is 1.20. The Hall–Kier alpha value is -1.60. The minimum absolute atomic E-state index is 0.183. The molecule has 0 atom stereocenters. The van der Waals surface area contributed by atoms with Gasteiger partial charge in [-0.1, -0.05) is 12.1 Å². The minimum atomic E-state index is -3.13. The number of benzene rings is 1.